The van der Waals surface area contributed by atoms with Crippen LogP contribution in [0.1, 0.15) is 32.9 Å². The molecular formula is C24H21F6N3O2. The summed E-state index contributed by atoms with van der Waals surface area (Å²) in [5.41, 5.74) is 4.42. The van der Waals surface area contributed by atoms with Crippen LogP contribution in [0.15, 0.2) is 61.0 Å². The van der Waals surface area contributed by atoms with Gasteiger partial charge in [0.25, 0.3) is 5.91 Å². The zero-order chi connectivity index (χ0) is 25.8. The highest BCUT2D eigenvalue weighted by atomic mass is 19.4. The van der Waals surface area contributed by atoms with Crippen LogP contribution in [0.4, 0.5) is 26.3 Å². The van der Waals surface area contributed by atoms with E-state index in [9.17, 15) is 31.1 Å². The highest BCUT2D eigenvalue weighted by Gasteiger charge is 2.31. The van der Waals surface area contributed by atoms with Crippen molar-refractivity contribution >= 4 is 5.91 Å². The Morgan fingerprint density at radius 1 is 1.03 bits per heavy atom. The van der Waals surface area contributed by atoms with Crippen molar-refractivity contribution in [3.8, 4) is 11.3 Å². The first-order chi connectivity index (χ1) is 16.3. The van der Waals surface area contributed by atoms with E-state index in [-0.39, 0.29) is 5.91 Å². The van der Waals surface area contributed by atoms with Gasteiger partial charge < -0.3 is 15.4 Å². The number of aromatic nitrogens is 2. The second kappa shape index (κ2) is 10.2. The number of allylic oxidation sites excluding steroid dienone is 1. The first kappa shape index (κ1) is 25.9. The van der Waals surface area contributed by atoms with E-state index in [4.69, 9.17) is 5.11 Å². The summed E-state index contributed by atoms with van der Waals surface area (Å²) >= 11 is 0. The average molecular weight is 497 g/mol. The third-order valence-electron chi connectivity index (χ3n) is 5.21. The Morgan fingerprint density at radius 3 is 2.26 bits per heavy atom. The van der Waals surface area contributed by atoms with Crippen LogP contribution in [0, 0.1) is 0 Å². The highest BCUT2D eigenvalue weighted by molar-refractivity contribution is 5.97. The number of aryl methyl sites for hydroxylation is 2. The number of carbonyl (C=O) groups excluding carboxylic acids is 1. The molecule has 5 nitrogen and oxygen atoms in total. The number of hydrogen-bond donors (Lipinski definition) is 3. The number of nitrogens with zero attached hydrogens (tertiary/aromatic N) is 1. The summed E-state index contributed by atoms with van der Waals surface area (Å²) in [6.07, 6.45) is -5.27. The number of H-pyrrole nitrogens is 1. The number of nitrogens with one attached hydrogen (secondary N) is 2. The van der Waals surface area contributed by atoms with Crippen LogP contribution in [0.5, 0.6) is 0 Å². The maximum absolute atomic E-state index is 12.6. The Hall–Kier alpha value is -3.76. The number of benzene rings is 1. The molecule has 1 aliphatic heterocycles. The molecule has 0 saturated carbocycles. The Bertz CT molecular complexity index is 1200. The summed E-state index contributed by atoms with van der Waals surface area (Å²) in [6.45, 7) is 2.88. The zero-order valence-electron chi connectivity index (χ0n) is 18.2. The molecule has 0 spiro atoms. The minimum Gasteiger partial charge on any atom is -0.505 e. The number of amides is 1. The number of aliphatic hydroxyl groups is 1. The van der Waals surface area contributed by atoms with E-state index in [1.807, 2.05) is 18.2 Å². The van der Waals surface area contributed by atoms with E-state index in [2.05, 4.69) is 21.9 Å². The topological polar surface area (TPSA) is 78.0 Å². The first-order valence-corrected chi connectivity index (χ1v) is 10.4. The summed E-state index contributed by atoms with van der Waals surface area (Å²) in [5.74, 6) is -1.83. The van der Waals surface area contributed by atoms with E-state index in [0.717, 1.165) is 46.8 Å². The van der Waals surface area contributed by atoms with Crippen LogP contribution in [-0.2, 0) is 25.4 Å². The van der Waals surface area contributed by atoms with Gasteiger partial charge in [-0.3, -0.25) is 9.78 Å². The molecule has 4 rings (SSSR count). The van der Waals surface area contributed by atoms with E-state index >= 15 is 0 Å². The molecule has 1 aliphatic rings. The highest BCUT2D eigenvalue weighted by Crippen LogP contribution is 2.29. The van der Waals surface area contributed by atoms with Gasteiger partial charge in [0.1, 0.15) is 0 Å². The van der Waals surface area contributed by atoms with Gasteiger partial charge in [-0.25, -0.2) is 0 Å². The molecule has 0 unspecified atom stereocenters. The molecule has 0 bridgehead atoms. The fourth-order valence-corrected chi connectivity index (χ4v) is 3.36. The molecular weight excluding hydrogens is 476 g/mol. The smallest absolute Gasteiger partial charge is 0.448 e. The molecule has 0 fully saturated rings. The standard InChI is InChI=1S/C21H18F3N3O.C3H3F3O/c22-21(23,24)15-4-1-13(2-5-15)3-6-16-11-14(7-9-25-16)19-12-17-18(27-19)8-10-26-20(17)28;1-2(7)3(4,5)6/h1-2,4-5,7,9,11-12,27H,3,6,8,10H2,(H,26,28);7H,1H2. The molecule has 1 aromatic carbocycles. The van der Waals surface area contributed by atoms with Crippen LogP contribution >= 0.6 is 0 Å². The Kier molecular flexibility index (Phi) is 7.57. The fraction of sp³-hybridized carbons (Fsp3) is 0.250. The minimum absolute atomic E-state index is 0.0691. The van der Waals surface area contributed by atoms with Gasteiger partial charge in [0.2, 0.25) is 0 Å². The molecule has 2 aromatic heterocycles. The summed E-state index contributed by atoms with van der Waals surface area (Å²) in [5, 5.41) is 10.4. The van der Waals surface area contributed by atoms with Crippen molar-refractivity contribution in [3.63, 3.8) is 0 Å². The normalized spacial score (nSPS) is 13.4. The van der Waals surface area contributed by atoms with Gasteiger partial charge in [-0.05, 0) is 48.7 Å². The van der Waals surface area contributed by atoms with Crippen molar-refractivity contribution in [1.82, 2.24) is 15.3 Å². The van der Waals surface area contributed by atoms with Crippen LogP contribution in [0.2, 0.25) is 0 Å². The van der Waals surface area contributed by atoms with Gasteiger partial charge in [-0.2, -0.15) is 26.3 Å². The monoisotopic (exact) mass is 497 g/mol. The minimum atomic E-state index is -4.64. The Labute approximate surface area is 196 Å². The number of alkyl halides is 6. The molecule has 11 heteroatoms. The van der Waals surface area contributed by atoms with Crippen LogP contribution in [0.25, 0.3) is 11.3 Å². The first-order valence-electron chi connectivity index (χ1n) is 10.4. The van der Waals surface area contributed by atoms with Gasteiger partial charge in [0.05, 0.1) is 11.1 Å². The van der Waals surface area contributed by atoms with Gasteiger partial charge in [0, 0.05) is 41.8 Å². The second-order valence-electron chi connectivity index (χ2n) is 7.76. The molecule has 186 valence electrons. The third-order valence-corrected chi connectivity index (χ3v) is 5.21. The Balaban J connectivity index is 0.000000429. The summed E-state index contributed by atoms with van der Waals surface area (Å²) < 4.78 is 70.4. The molecule has 0 atom stereocenters. The lowest BCUT2D eigenvalue weighted by Crippen LogP contribution is -2.31. The molecule has 3 aromatic rings. The van der Waals surface area contributed by atoms with Gasteiger partial charge in [-0.15, -0.1) is 0 Å². The quantitative estimate of drug-likeness (QED) is 0.316. The van der Waals surface area contributed by atoms with E-state index in [1.54, 1.807) is 6.20 Å². The summed E-state index contributed by atoms with van der Waals surface area (Å²) in [6, 6.07) is 10.9. The van der Waals surface area contributed by atoms with Crippen molar-refractivity contribution in [2.75, 3.05) is 6.54 Å². The fourth-order valence-electron chi connectivity index (χ4n) is 3.36. The summed E-state index contributed by atoms with van der Waals surface area (Å²) in [7, 11) is 0. The molecule has 0 saturated heterocycles. The number of pyridine rings is 1. The van der Waals surface area contributed by atoms with Crippen LogP contribution < -0.4 is 5.32 Å². The van der Waals surface area contributed by atoms with E-state index in [0.29, 0.717) is 24.9 Å². The lowest BCUT2D eigenvalue weighted by Gasteiger charge is -2.11. The number of aromatic amines is 1. The third kappa shape index (κ3) is 6.87. The number of fused-ring (bicyclic) bond motifs is 1. The number of hydrogen-bond acceptors (Lipinski definition) is 3. The molecule has 0 aliphatic carbocycles. The van der Waals surface area contributed by atoms with E-state index < -0.39 is 23.7 Å². The number of halogens is 6. The largest absolute Gasteiger partial charge is 0.505 e. The van der Waals surface area contributed by atoms with Crippen LogP contribution in [-0.4, -0.2) is 33.7 Å². The van der Waals surface area contributed by atoms with Crippen molar-refractivity contribution in [2.45, 2.75) is 31.6 Å². The van der Waals surface area contributed by atoms with Gasteiger partial charge >= 0.3 is 12.4 Å². The molecule has 3 N–H and O–H groups in total. The zero-order valence-corrected chi connectivity index (χ0v) is 18.2. The number of aliphatic hydroxyl groups excluding tert-OH is 1. The lowest BCUT2D eigenvalue weighted by atomic mass is 10.0. The lowest BCUT2D eigenvalue weighted by molar-refractivity contribution is -0.137. The second-order valence-corrected chi connectivity index (χ2v) is 7.76. The maximum Gasteiger partial charge on any atom is 0.448 e. The predicted octanol–water partition coefficient (Wildman–Crippen LogP) is 5.79. The van der Waals surface area contributed by atoms with Crippen LogP contribution in [0.3, 0.4) is 0 Å². The molecule has 3 heterocycles. The SMILES string of the molecule is C=C(O)C(F)(F)F.O=C1NCCc2[nH]c(-c3ccnc(CCc4ccc(C(F)(F)F)cc4)c3)cc21. The Morgan fingerprint density at radius 2 is 1.69 bits per heavy atom. The van der Waals surface area contributed by atoms with Crippen molar-refractivity contribution < 1.29 is 36.2 Å². The summed E-state index contributed by atoms with van der Waals surface area (Å²) in [4.78, 5) is 19.6. The predicted molar refractivity (Wildman–Crippen MR) is 117 cm³/mol. The van der Waals surface area contributed by atoms with Gasteiger partial charge in [-0.1, -0.05) is 18.7 Å². The maximum atomic E-state index is 12.6. The molecule has 35 heavy (non-hydrogen) atoms. The van der Waals surface area contributed by atoms with Crippen molar-refractivity contribution in [3.05, 3.63) is 89.1 Å². The van der Waals surface area contributed by atoms with Crippen molar-refractivity contribution in [1.29, 1.82) is 0 Å². The molecule has 1 amide bonds. The van der Waals surface area contributed by atoms with Gasteiger partial charge in [0.15, 0.2) is 5.76 Å². The average Bonchev–Trinajstić information content (AvgIpc) is 3.23. The number of rotatable bonds is 4. The van der Waals surface area contributed by atoms with E-state index in [1.165, 1.54) is 12.1 Å². The van der Waals surface area contributed by atoms with Crippen molar-refractivity contribution in [2.24, 2.45) is 0 Å². The molecule has 0 radical (unpaired) electrons. The number of carbonyl (C=O) groups is 1.